The van der Waals surface area contributed by atoms with Crippen LogP contribution in [-0.2, 0) is 4.74 Å². The SMILES string of the molecule is CCC1COC(C)CN1C(C)CCNC(C)(C)C. The van der Waals surface area contributed by atoms with E-state index in [4.69, 9.17) is 4.74 Å². The zero-order chi connectivity index (χ0) is 13.8. The second-order valence-corrected chi connectivity index (χ2v) is 6.72. The fourth-order valence-corrected chi connectivity index (χ4v) is 2.58. The van der Waals surface area contributed by atoms with E-state index in [1.54, 1.807) is 0 Å². The predicted octanol–water partition coefficient (Wildman–Crippen LogP) is 2.65. The summed E-state index contributed by atoms with van der Waals surface area (Å²) in [6, 6.07) is 1.24. The Hall–Kier alpha value is -0.120. The molecule has 1 saturated heterocycles. The second-order valence-electron chi connectivity index (χ2n) is 6.72. The minimum Gasteiger partial charge on any atom is -0.376 e. The molecule has 1 N–H and O–H groups in total. The Bertz CT molecular complexity index is 237. The Labute approximate surface area is 113 Å². The lowest BCUT2D eigenvalue weighted by atomic mass is 10.0. The van der Waals surface area contributed by atoms with E-state index >= 15 is 0 Å². The molecule has 0 aromatic carbocycles. The van der Waals surface area contributed by atoms with Crippen molar-refractivity contribution in [3.8, 4) is 0 Å². The van der Waals surface area contributed by atoms with Gasteiger partial charge in [-0.3, -0.25) is 4.90 Å². The van der Waals surface area contributed by atoms with E-state index in [2.05, 4.69) is 51.8 Å². The van der Waals surface area contributed by atoms with E-state index in [1.807, 2.05) is 0 Å². The van der Waals surface area contributed by atoms with Crippen LogP contribution in [0.3, 0.4) is 0 Å². The molecule has 1 fully saturated rings. The van der Waals surface area contributed by atoms with E-state index in [0.717, 1.165) is 19.7 Å². The Morgan fingerprint density at radius 3 is 2.61 bits per heavy atom. The molecule has 0 spiro atoms. The fourth-order valence-electron chi connectivity index (χ4n) is 2.58. The van der Waals surface area contributed by atoms with Crippen molar-refractivity contribution in [2.24, 2.45) is 0 Å². The minimum atomic E-state index is 0.224. The molecule has 0 radical (unpaired) electrons. The number of hydrogen-bond acceptors (Lipinski definition) is 3. The van der Waals surface area contributed by atoms with Crippen molar-refractivity contribution in [2.45, 2.75) is 78.1 Å². The van der Waals surface area contributed by atoms with Gasteiger partial charge in [0.2, 0.25) is 0 Å². The average Bonchev–Trinajstić information content (AvgIpc) is 2.27. The molecule has 3 unspecified atom stereocenters. The van der Waals surface area contributed by atoms with Crippen molar-refractivity contribution in [1.82, 2.24) is 10.2 Å². The van der Waals surface area contributed by atoms with Gasteiger partial charge in [-0.2, -0.15) is 0 Å². The Balaban J connectivity index is 2.40. The van der Waals surface area contributed by atoms with Crippen molar-refractivity contribution < 1.29 is 4.74 Å². The molecular weight excluding hydrogens is 224 g/mol. The molecule has 1 rings (SSSR count). The van der Waals surface area contributed by atoms with Crippen LogP contribution >= 0.6 is 0 Å². The smallest absolute Gasteiger partial charge is 0.0674 e. The maximum Gasteiger partial charge on any atom is 0.0674 e. The number of nitrogens with zero attached hydrogens (tertiary/aromatic N) is 1. The summed E-state index contributed by atoms with van der Waals surface area (Å²) in [5, 5.41) is 3.58. The summed E-state index contributed by atoms with van der Waals surface area (Å²) < 4.78 is 5.76. The zero-order valence-corrected chi connectivity index (χ0v) is 13.1. The van der Waals surface area contributed by atoms with Gasteiger partial charge in [-0.15, -0.1) is 0 Å². The highest BCUT2D eigenvalue weighted by molar-refractivity contribution is 4.82. The second kappa shape index (κ2) is 6.88. The summed E-state index contributed by atoms with van der Waals surface area (Å²) in [7, 11) is 0. The summed E-state index contributed by atoms with van der Waals surface area (Å²) in [6.45, 7) is 16.5. The molecule has 3 atom stereocenters. The predicted molar refractivity (Wildman–Crippen MR) is 78.0 cm³/mol. The molecule has 18 heavy (non-hydrogen) atoms. The van der Waals surface area contributed by atoms with Gasteiger partial charge in [0.1, 0.15) is 0 Å². The molecule has 3 nitrogen and oxygen atoms in total. The van der Waals surface area contributed by atoms with Gasteiger partial charge >= 0.3 is 0 Å². The summed E-state index contributed by atoms with van der Waals surface area (Å²) >= 11 is 0. The van der Waals surface area contributed by atoms with Gasteiger partial charge in [0, 0.05) is 24.2 Å². The summed E-state index contributed by atoms with van der Waals surface area (Å²) in [5.41, 5.74) is 0.224. The minimum absolute atomic E-state index is 0.224. The fraction of sp³-hybridized carbons (Fsp3) is 1.00. The lowest BCUT2D eigenvalue weighted by molar-refractivity contribution is -0.0708. The molecule has 3 heteroatoms. The topological polar surface area (TPSA) is 24.5 Å². The summed E-state index contributed by atoms with van der Waals surface area (Å²) in [4.78, 5) is 2.64. The number of ether oxygens (including phenoxy) is 1. The van der Waals surface area contributed by atoms with Crippen LogP contribution in [0.25, 0.3) is 0 Å². The largest absolute Gasteiger partial charge is 0.376 e. The number of morpholine rings is 1. The third kappa shape index (κ3) is 5.25. The molecule has 1 aliphatic rings. The van der Waals surface area contributed by atoms with E-state index in [9.17, 15) is 0 Å². The monoisotopic (exact) mass is 256 g/mol. The van der Waals surface area contributed by atoms with Crippen molar-refractivity contribution in [3.63, 3.8) is 0 Å². The molecule has 0 bridgehead atoms. The maximum atomic E-state index is 5.76. The van der Waals surface area contributed by atoms with Crippen molar-refractivity contribution >= 4 is 0 Å². The van der Waals surface area contributed by atoms with Crippen molar-refractivity contribution in [3.05, 3.63) is 0 Å². The van der Waals surface area contributed by atoms with Gasteiger partial charge in [-0.25, -0.2) is 0 Å². The molecule has 0 aromatic rings. The first-order valence-electron chi connectivity index (χ1n) is 7.46. The third-order valence-corrected chi connectivity index (χ3v) is 3.76. The Morgan fingerprint density at radius 2 is 2.06 bits per heavy atom. The number of hydrogen-bond donors (Lipinski definition) is 1. The third-order valence-electron chi connectivity index (χ3n) is 3.76. The van der Waals surface area contributed by atoms with E-state index < -0.39 is 0 Å². The van der Waals surface area contributed by atoms with Crippen LogP contribution in [0, 0.1) is 0 Å². The number of nitrogens with one attached hydrogen (secondary N) is 1. The molecule has 0 aliphatic carbocycles. The first-order valence-corrected chi connectivity index (χ1v) is 7.46. The lowest BCUT2D eigenvalue weighted by Gasteiger charge is -2.42. The zero-order valence-electron chi connectivity index (χ0n) is 13.1. The highest BCUT2D eigenvalue weighted by Crippen LogP contribution is 2.19. The van der Waals surface area contributed by atoms with Crippen molar-refractivity contribution in [2.75, 3.05) is 19.7 Å². The van der Waals surface area contributed by atoms with Crippen LogP contribution in [0.4, 0.5) is 0 Å². The van der Waals surface area contributed by atoms with Crippen molar-refractivity contribution in [1.29, 1.82) is 0 Å². The summed E-state index contributed by atoms with van der Waals surface area (Å²) in [6.07, 6.45) is 2.77. The highest BCUT2D eigenvalue weighted by Gasteiger charge is 2.28. The Kier molecular flexibility index (Phi) is 6.09. The van der Waals surface area contributed by atoms with Crippen LogP contribution in [0.5, 0.6) is 0 Å². The molecule has 0 saturated carbocycles. The van der Waals surface area contributed by atoms with E-state index in [1.165, 1.54) is 12.8 Å². The van der Waals surface area contributed by atoms with Crippen LogP contribution in [0.1, 0.15) is 54.4 Å². The van der Waals surface area contributed by atoms with Crippen LogP contribution in [-0.4, -0.2) is 48.3 Å². The first-order chi connectivity index (χ1) is 8.33. The van der Waals surface area contributed by atoms with Gasteiger partial charge in [-0.05, 0) is 54.0 Å². The molecule has 1 aliphatic heterocycles. The standard InChI is InChI=1S/C15H32N2O/c1-7-14-11-18-13(3)10-17(14)12(2)8-9-16-15(4,5)6/h12-14,16H,7-11H2,1-6H3. The molecule has 0 aromatic heterocycles. The maximum absolute atomic E-state index is 5.76. The summed E-state index contributed by atoms with van der Waals surface area (Å²) in [5.74, 6) is 0. The first kappa shape index (κ1) is 15.9. The van der Waals surface area contributed by atoms with Gasteiger partial charge in [0.05, 0.1) is 12.7 Å². The van der Waals surface area contributed by atoms with Gasteiger partial charge in [0.25, 0.3) is 0 Å². The average molecular weight is 256 g/mol. The van der Waals surface area contributed by atoms with Crippen LogP contribution in [0.15, 0.2) is 0 Å². The molecule has 1 heterocycles. The number of rotatable bonds is 5. The quantitative estimate of drug-likeness (QED) is 0.818. The lowest BCUT2D eigenvalue weighted by Crippen LogP contribution is -2.53. The van der Waals surface area contributed by atoms with Gasteiger partial charge in [0.15, 0.2) is 0 Å². The van der Waals surface area contributed by atoms with Crippen LogP contribution < -0.4 is 5.32 Å². The Morgan fingerprint density at radius 1 is 1.39 bits per heavy atom. The molecule has 108 valence electrons. The van der Waals surface area contributed by atoms with Crippen LogP contribution in [0.2, 0.25) is 0 Å². The van der Waals surface area contributed by atoms with Gasteiger partial charge < -0.3 is 10.1 Å². The highest BCUT2D eigenvalue weighted by atomic mass is 16.5. The van der Waals surface area contributed by atoms with E-state index in [-0.39, 0.29) is 5.54 Å². The van der Waals surface area contributed by atoms with E-state index in [0.29, 0.717) is 18.2 Å². The normalized spacial score (nSPS) is 28.3. The molecular formula is C15H32N2O. The molecule has 0 amide bonds. The van der Waals surface area contributed by atoms with Gasteiger partial charge in [-0.1, -0.05) is 6.92 Å².